The molecule has 3 heterocycles. The van der Waals surface area contributed by atoms with Crippen molar-refractivity contribution in [2.45, 2.75) is 25.3 Å². The Labute approximate surface area is 202 Å². The fourth-order valence-electron chi connectivity index (χ4n) is 2.77. The minimum absolute atomic E-state index is 0.0179. The van der Waals surface area contributed by atoms with Crippen LogP contribution in [-0.4, -0.2) is 66.0 Å². The zero-order chi connectivity index (χ0) is 26.3. The molecule has 1 aliphatic rings. The molecule has 2 amide bonds. The molecule has 19 heteroatoms. The molecule has 1 atom stereocenters. The number of hydrogen-bond acceptors (Lipinski definition) is 13. The second-order valence-electron chi connectivity index (χ2n) is 7.50. The van der Waals surface area contributed by atoms with Crippen molar-refractivity contribution in [2.75, 3.05) is 12.0 Å². The van der Waals surface area contributed by atoms with Gasteiger partial charge in [0.15, 0.2) is 23.2 Å². The van der Waals surface area contributed by atoms with Crippen LogP contribution >= 0.6 is 21.6 Å². The number of rotatable bonds is 8. The van der Waals surface area contributed by atoms with Crippen LogP contribution in [0.25, 0.3) is 0 Å². The highest BCUT2D eigenvalue weighted by atomic mass is 32.3. The Kier molecular flexibility index (Phi) is 6.74. The number of aromatic nitrogens is 2. The SMILES string of the molecule is CC1(C)N(OS(=O)(=O)O)C(=O)[S@@]1(C)NC(=O)/C(=N\OCc1cc(=O)c(O)cn1O)c1csc(N)n1. The average molecular weight is 553 g/mol. The van der Waals surface area contributed by atoms with Gasteiger partial charge in [-0.2, -0.15) is 18.2 Å². The van der Waals surface area contributed by atoms with Crippen LogP contribution in [0.4, 0.5) is 9.93 Å². The van der Waals surface area contributed by atoms with Crippen molar-refractivity contribution >= 4 is 53.9 Å². The molecule has 0 aliphatic carbocycles. The summed E-state index contributed by atoms with van der Waals surface area (Å²) >= 11 is 0.985. The van der Waals surface area contributed by atoms with Gasteiger partial charge in [0.1, 0.15) is 16.3 Å². The van der Waals surface area contributed by atoms with Crippen LogP contribution in [0, 0.1) is 0 Å². The number of anilines is 1. The maximum absolute atomic E-state index is 13.1. The molecule has 1 aliphatic heterocycles. The maximum Gasteiger partial charge on any atom is 0.418 e. The Bertz CT molecular complexity index is 1380. The number of carbonyl (C=O) groups excluding carboxylic acids is 2. The molecule has 2 aromatic rings. The Balaban J connectivity index is 1.86. The van der Waals surface area contributed by atoms with E-state index in [0.29, 0.717) is 9.79 Å². The molecule has 0 spiro atoms. The fraction of sp³-hybridized carbons (Fsp3) is 0.312. The minimum atomic E-state index is -4.99. The molecular formula is C16H20N6O10S3. The van der Waals surface area contributed by atoms with Crippen molar-refractivity contribution in [3.63, 3.8) is 0 Å². The zero-order valence-corrected chi connectivity index (χ0v) is 20.7. The van der Waals surface area contributed by atoms with Gasteiger partial charge in [-0.25, -0.2) is 4.98 Å². The molecule has 3 rings (SSSR count). The summed E-state index contributed by atoms with van der Waals surface area (Å²) in [5, 5.41) is 23.8. The molecule has 1 saturated heterocycles. The molecule has 0 radical (unpaired) electrons. The highest BCUT2D eigenvalue weighted by molar-refractivity contribution is 8.46. The third-order valence-electron chi connectivity index (χ3n) is 4.91. The zero-order valence-electron chi connectivity index (χ0n) is 18.2. The van der Waals surface area contributed by atoms with E-state index in [-0.39, 0.29) is 16.5 Å². The molecule has 35 heavy (non-hydrogen) atoms. The lowest BCUT2D eigenvalue weighted by molar-refractivity contribution is -0.113. The van der Waals surface area contributed by atoms with Crippen LogP contribution < -0.4 is 15.9 Å². The van der Waals surface area contributed by atoms with Gasteiger partial charge in [0, 0.05) is 11.4 Å². The molecule has 16 nitrogen and oxygen atoms in total. The van der Waals surface area contributed by atoms with Crippen LogP contribution in [0.5, 0.6) is 5.75 Å². The normalized spacial score (nSPS) is 19.8. The Hall–Kier alpha value is -3.39. The van der Waals surface area contributed by atoms with Crippen LogP contribution in [0.2, 0.25) is 0 Å². The van der Waals surface area contributed by atoms with Gasteiger partial charge in [-0.05, 0) is 20.1 Å². The summed E-state index contributed by atoms with van der Waals surface area (Å²) in [6.45, 7) is 2.32. The molecule has 6 N–H and O–H groups in total. The number of nitrogens with two attached hydrogens (primary N) is 1. The van der Waals surface area contributed by atoms with E-state index in [9.17, 15) is 33.1 Å². The van der Waals surface area contributed by atoms with Gasteiger partial charge in [0.2, 0.25) is 5.43 Å². The van der Waals surface area contributed by atoms with Crippen molar-refractivity contribution in [1.29, 1.82) is 0 Å². The molecule has 2 aromatic heterocycles. The summed E-state index contributed by atoms with van der Waals surface area (Å²) in [6, 6.07) is 0.885. The van der Waals surface area contributed by atoms with Gasteiger partial charge in [0.05, 0.1) is 6.20 Å². The van der Waals surface area contributed by atoms with Crippen molar-refractivity contribution in [1.82, 2.24) is 19.5 Å². The first-order chi connectivity index (χ1) is 16.1. The number of carbonyl (C=O) groups is 2. The van der Waals surface area contributed by atoms with Gasteiger partial charge in [-0.3, -0.25) is 18.9 Å². The number of nitrogens with one attached hydrogen (secondary N) is 1. The summed E-state index contributed by atoms with van der Waals surface area (Å²) in [5.74, 6) is -1.64. The first-order valence-corrected chi connectivity index (χ1v) is 13.5. The molecule has 1 fully saturated rings. The van der Waals surface area contributed by atoms with Crippen molar-refractivity contribution < 1.29 is 42.0 Å². The molecule has 0 saturated carbocycles. The summed E-state index contributed by atoms with van der Waals surface area (Å²) < 4.78 is 38.2. The highest BCUT2D eigenvalue weighted by Crippen LogP contribution is 2.65. The number of aromatic hydroxyl groups is 1. The second kappa shape index (κ2) is 9.00. The standard InChI is InChI=1S/C16H20N6O10S3/c1-16(2)22(32-35(28,29)30)15(26)34(16,3)20-13(25)12(9-7-33-14(17)18-9)19-31-6-8-4-10(23)11(24)5-21(8)27/h4-5,7,24,27H,6H2,1-3H3,(H2,17,18)(H,20,25)(H,28,29,30)/b19-12-. The number of hydroxylamine groups is 2. The maximum atomic E-state index is 13.1. The van der Waals surface area contributed by atoms with Crippen LogP contribution in [-0.2, 0) is 30.9 Å². The van der Waals surface area contributed by atoms with E-state index in [0.717, 1.165) is 23.6 Å². The first kappa shape index (κ1) is 26.2. The molecular weight excluding hydrogens is 532 g/mol. The number of oxime groups is 1. The highest BCUT2D eigenvalue weighted by Gasteiger charge is 2.63. The molecule has 0 unspecified atom stereocenters. The van der Waals surface area contributed by atoms with E-state index in [1.807, 2.05) is 0 Å². The topological polar surface area (TPSA) is 236 Å². The number of thiazole rings is 1. The quantitative estimate of drug-likeness (QED) is 0.127. The number of nitrogens with zero attached hydrogens (tertiary/aromatic N) is 4. The summed E-state index contributed by atoms with van der Waals surface area (Å²) in [6.07, 6.45) is 2.13. The first-order valence-electron chi connectivity index (χ1n) is 9.23. The Morgan fingerprint density at radius 2 is 2.06 bits per heavy atom. The van der Waals surface area contributed by atoms with Crippen LogP contribution in [0.1, 0.15) is 25.2 Å². The number of hydrogen-bond donors (Lipinski definition) is 5. The lowest BCUT2D eigenvalue weighted by Crippen LogP contribution is -2.68. The average Bonchev–Trinajstić information content (AvgIpc) is 3.17. The van der Waals surface area contributed by atoms with Gasteiger partial charge < -0.3 is 25.6 Å². The second-order valence-corrected chi connectivity index (χ2v) is 12.8. The Morgan fingerprint density at radius 3 is 2.60 bits per heavy atom. The lowest BCUT2D eigenvalue weighted by atomic mass is 10.3. The largest absolute Gasteiger partial charge is 0.503 e. The van der Waals surface area contributed by atoms with Crippen LogP contribution in [0.3, 0.4) is 0 Å². The smallest absolute Gasteiger partial charge is 0.418 e. The predicted octanol–water partition coefficient (Wildman–Crippen LogP) is 0.123. The van der Waals surface area contributed by atoms with E-state index in [1.54, 1.807) is 0 Å². The van der Waals surface area contributed by atoms with Gasteiger partial charge in [-0.1, -0.05) is 15.4 Å². The molecule has 0 aromatic carbocycles. The van der Waals surface area contributed by atoms with E-state index >= 15 is 0 Å². The Morgan fingerprint density at radius 1 is 1.40 bits per heavy atom. The minimum Gasteiger partial charge on any atom is -0.503 e. The lowest BCUT2D eigenvalue weighted by Gasteiger charge is -2.61. The van der Waals surface area contributed by atoms with Gasteiger partial charge >= 0.3 is 15.6 Å². The van der Waals surface area contributed by atoms with Crippen molar-refractivity contribution in [3.8, 4) is 5.75 Å². The number of nitrogen functional groups attached to an aromatic ring is 1. The van der Waals surface area contributed by atoms with E-state index in [4.69, 9.17) is 15.1 Å². The third kappa shape index (κ3) is 5.03. The van der Waals surface area contributed by atoms with E-state index < -0.39 is 60.1 Å². The predicted molar refractivity (Wildman–Crippen MR) is 123 cm³/mol. The molecule has 0 bridgehead atoms. The van der Waals surface area contributed by atoms with Crippen molar-refractivity contribution in [3.05, 3.63) is 39.3 Å². The third-order valence-corrected chi connectivity index (χ3v) is 9.54. The summed E-state index contributed by atoms with van der Waals surface area (Å²) in [4.78, 5) is 45.0. The number of pyridine rings is 1. The summed E-state index contributed by atoms with van der Waals surface area (Å²) in [7, 11) is -7.77. The van der Waals surface area contributed by atoms with Crippen LogP contribution in [0.15, 0.2) is 27.6 Å². The molecule has 192 valence electrons. The van der Waals surface area contributed by atoms with Crippen molar-refractivity contribution in [2.24, 2.45) is 5.16 Å². The summed E-state index contributed by atoms with van der Waals surface area (Å²) in [5.41, 5.74) is 4.29. The van der Waals surface area contributed by atoms with E-state index in [1.165, 1.54) is 25.5 Å². The monoisotopic (exact) mass is 552 g/mol. The number of amides is 2. The fourth-order valence-corrected chi connectivity index (χ4v) is 6.00. The van der Waals surface area contributed by atoms with Gasteiger partial charge in [-0.15, -0.1) is 15.6 Å². The van der Waals surface area contributed by atoms with E-state index in [2.05, 4.69) is 19.1 Å². The van der Waals surface area contributed by atoms with Gasteiger partial charge in [0.25, 0.3) is 5.91 Å².